The van der Waals surface area contributed by atoms with Gasteiger partial charge in [-0.3, -0.25) is 0 Å². The summed E-state index contributed by atoms with van der Waals surface area (Å²) in [5, 5.41) is 5.38. The zero-order chi connectivity index (χ0) is 15.5. The van der Waals surface area contributed by atoms with Crippen molar-refractivity contribution >= 4 is 11.7 Å². The molecule has 0 fully saturated rings. The van der Waals surface area contributed by atoms with E-state index < -0.39 is 6.29 Å². The standard InChI is InChI=1S/C15H24N2O4/c1-4-5-10-21-13-8-6-12(7-9-13)17-15(18)16-11-14(19-2)20-3/h6-9,14H,4-5,10-11H2,1-3H3,(H2,16,17,18). The number of carbonyl (C=O) groups excluding carboxylic acids is 1. The van der Waals surface area contributed by atoms with Gasteiger partial charge in [0, 0.05) is 19.9 Å². The molecule has 0 aliphatic rings. The molecule has 0 unspecified atom stereocenters. The van der Waals surface area contributed by atoms with Gasteiger partial charge in [-0.05, 0) is 30.7 Å². The molecule has 0 aliphatic carbocycles. The number of nitrogens with one attached hydrogen (secondary N) is 2. The number of benzene rings is 1. The summed E-state index contributed by atoms with van der Waals surface area (Å²) in [5.74, 6) is 0.799. The summed E-state index contributed by atoms with van der Waals surface area (Å²) in [7, 11) is 3.04. The maximum absolute atomic E-state index is 11.7. The molecule has 0 radical (unpaired) electrons. The van der Waals surface area contributed by atoms with Gasteiger partial charge >= 0.3 is 6.03 Å². The molecule has 0 saturated heterocycles. The first-order valence-corrected chi connectivity index (χ1v) is 7.03. The fraction of sp³-hybridized carbons (Fsp3) is 0.533. The molecule has 0 aromatic heterocycles. The molecule has 1 aromatic rings. The number of rotatable bonds is 9. The Hall–Kier alpha value is -1.79. The van der Waals surface area contributed by atoms with Crippen LogP contribution >= 0.6 is 0 Å². The summed E-state index contributed by atoms with van der Waals surface area (Å²) in [4.78, 5) is 11.7. The van der Waals surface area contributed by atoms with Gasteiger partial charge in [-0.1, -0.05) is 13.3 Å². The Morgan fingerprint density at radius 1 is 1.19 bits per heavy atom. The number of hydrogen-bond acceptors (Lipinski definition) is 4. The highest BCUT2D eigenvalue weighted by Gasteiger charge is 2.07. The summed E-state index contributed by atoms with van der Waals surface area (Å²) in [6.45, 7) is 3.10. The minimum Gasteiger partial charge on any atom is -0.494 e. The van der Waals surface area contributed by atoms with Crippen molar-refractivity contribution in [1.82, 2.24) is 5.32 Å². The molecule has 0 aliphatic heterocycles. The number of anilines is 1. The van der Waals surface area contributed by atoms with Crippen LogP contribution in [0.25, 0.3) is 0 Å². The van der Waals surface area contributed by atoms with E-state index >= 15 is 0 Å². The summed E-state index contributed by atoms with van der Waals surface area (Å²) >= 11 is 0. The molecule has 1 aromatic carbocycles. The number of urea groups is 1. The number of amides is 2. The molecule has 0 spiro atoms. The van der Waals surface area contributed by atoms with Gasteiger partial charge in [0.25, 0.3) is 0 Å². The molecular formula is C15H24N2O4. The lowest BCUT2D eigenvalue weighted by molar-refractivity contribution is -0.0970. The van der Waals surface area contributed by atoms with Gasteiger partial charge in [-0.25, -0.2) is 4.79 Å². The van der Waals surface area contributed by atoms with Crippen molar-refractivity contribution in [2.75, 3.05) is 32.7 Å². The van der Waals surface area contributed by atoms with E-state index in [4.69, 9.17) is 14.2 Å². The number of methoxy groups -OCH3 is 2. The molecule has 6 nitrogen and oxygen atoms in total. The largest absolute Gasteiger partial charge is 0.494 e. The third-order valence-electron chi connectivity index (χ3n) is 2.83. The Bertz CT molecular complexity index is 405. The smallest absolute Gasteiger partial charge is 0.319 e. The van der Waals surface area contributed by atoms with Crippen LogP contribution < -0.4 is 15.4 Å². The minimum absolute atomic E-state index is 0.275. The lowest BCUT2D eigenvalue weighted by Crippen LogP contribution is -2.36. The summed E-state index contributed by atoms with van der Waals surface area (Å²) in [6, 6.07) is 6.95. The second-order valence-corrected chi connectivity index (χ2v) is 4.46. The highest BCUT2D eigenvalue weighted by molar-refractivity contribution is 5.89. The molecule has 0 heterocycles. The summed E-state index contributed by atoms with van der Waals surface area (Å²) in [5.41, 5.74) is 0.696. The van der Waals surface area contributed by atoms with Crippen LogP contribution in [0.15, 0.2) is 24.3 Å². The molecule has 0 atom stereocenters. The molecule has 118 valence electrons. The van der Waals surface area contributed by atoms with E-state index in [1.54, 1.807) is 12.1 Å². The van der Waals surface area contributed by atoms with E-state index in [9.17, 15) is 4.79 Å². The number of ether oxygens (including phenoxy) is 3. The van der Waals surface area contributed by atoms with Gasteiger partial charge in [-0.2, -0.15) is 0 Å². The summed E-state index contributed by atoms with van der Waals surface area (Å²) in [6.07, 6.45) is 1.68. The first-order chi connectivity index (χ1) is 10.2. The van der Waals surface area contributed by atoms with Crippen molar-refractivity contribution in [2.45, 2.75) is 26.1 Å². The first-order valence-electron chi connectivity index (χ1n) is 7.03. The predicted octanol–water partition coefficient (Wildman–Crippen LogP) is 2.61. The second-order valence-electron chi connectivity index (χ2n) is 4.46. The van der Waals surface area contributed by atoms with Crippen LogP contribution in [0, 0.1) is 0 Å². The fourth-order valence-electron chi connectivity index (χ4n) is 1.58. The predicted molar refractivity (Wildman–Crippen MR) is 81.7 cm³/mol. The maximum Gasteiger partial charge on any atom is 0.319 e. The van der Waals surface area contributed by atoms with Crippen LogP contribution in [-0.4, -0.2) is 39.7 Å². The molecule has 0 bridgehead atoms. The number of carbonyl (C=O) groups is 1. The quantitative estimate of drug-likeness (QED) is 0.543. The topological polar surface area (TPSA) is 68.8 Å². The van der Waals surface area contributed by atoms with Gasteiger partial charge in [-0.15, -0.1) is 0 Å². The van der Waals surface area contributed by atoms with Crippen LogP contribution in [0.4, 0.5) is 10.5 Å². The van der Waals surface area contributed by atoms with Crippen molar-refractivity contribution in [2.24, 2.45) is 0 Å². The average Bonchev–Trinajstić information content (AvgIpc) is 2.50. The molecule has 0 saturated carbocycles. The van der Waals surface area contributed by atoms with Crippen molar-refractivity contribution in [3.63, 3.8) is 0 Å². The molecule has 6 heteroatoms. The summed E-state index contributed by atoms with van der Waals surface area (Å²) < 4.78 is 15.5. The van der Waals surface area contributed by atoms with Crippen molar-refractivity contribution in [3.8, 4) is 5.75 Å². The molecule has 2 amide bonds. The average molecular weight is 296 g/mol. The number of unbranched alkanes of at least 4 members (excludes halogenated alkanes) is 1. The minimum atomic E-state index is -0.454. The Morgan fingerprint density at radius 2 is 1.86 bits per heavy atom. The van der Waals surface area contributed by atoms with Crippen molar-refractivity contribution < 1.29 is 19.0 Å². The highest BCUT2D eigenvalue weighted by atomic mass is 16.7. The van der Waals surface area contributed by atoms with E-state index in [-0.39, 0.29) is 12.6 Å². The Balaban J connectivity index is 2.35. The van der Waals surface area contributed by atoms with Crippen LogP contribution in [-0.2, 0) is 9.47 Å². The Kier molecular flexibility index (Phi) is 8.23. The van der Waals surface area contributed by atoms with Crippen LogP contribution in [0.2, 0.25) is 0 Å². The SMILES string of the molecule is CCCCOc1ccc(NC(=O)NCC(OC)OC)cc1. The van der Waals surface area contributed by atoms with Gasteiger partial charge in [0.05, 0.1) is 13.2 Å². The first kappa shape index (κ1) is 17.3. The molecule has 2 N–H and O–H groups in total. The lowest BCUT2D eigenvalue weighted by atomic mass is 10.3. The van der Waals surface area contributed by atoms with Gasteiger partial charge in [0.2, 0.25) is 0 Å². The zero-order valence-corrected chi connectivity index (χ0v) is 12.8. The second kappa shape index (κ2) is 10.0. The third-order valence-corrected chi connectivity index (χ3v) is 2.83. The van der Waals surface area contributed by atoms with Gasteiger partial charge in [0.15, 0.2) is 6.29 Å². The van der Waals surface area contributed by atoms with E-state index in [1.807, 2.05) is 12.1 Å². The van der Waals surface area contributed by atoms with E-state index in [0.717, 1.165) is 18.6 Å². The third kappa shape index (κ3) is 6.97. The van der Waals surface area contributed by atoms with Gasteiger partial charge in [0.1, 0.15) is 5.75 Å². The highest BCUT2D eigenvalue weighted by Crippen LogP contribution is 2.15. The Labute approximate surface area is 125 Å². The molecular weight excluding hydrogens is 272 g/mol. The van der Waals surface area contributed by atoms with Crippen molar-refractivity contribution in [3.05, 3.63) is 24.3 Å². The zero-order valence-electron chi connectivity index (χ0n) is 12.8. The van der Waals surface area contributed by atoms with Crippen LogP contribution in [0.5, 0.6) is 5.75 Å². The molecule has 1 rings (SSSR count). The van der Waals surface area contributed by atoms with Crippen LogP contribution in [0.1, 0.15) is 19.8 Å². The van der Waals surface area contributed by atoms with Gasteiger partial charge < -0.3 is 24.8 Å². The van der Waals surface area contributed by atoms with Crippen LogP contribution in [0.3, 0.4) is 0 Å². The lowest BCUT2D eigenvalue weighted by Gasteiger charge is -2.14. The maximum atomic E-state index is 11.7. The van der Waals surface area contributed by atoms with Crippen molar-refractivity contribution in [1.29, 1.82) is 0 Å². The Morgan fingerprint density at radius 3 is 2.43 bits per heavy atom. The normalized spacial score (nSPS) is 10.5. The van der Waals surface area contributed by atoms with E-state index in [1.165, 1.54) is 14.2 Å². The van der Waals surface area contributed by atoms with E-state index in [2.05, 4.69) is 17.6 Å². The number of hydrogen-bond donors (Lipinski definition) is 2. The van der Waals surface area contributed by atoms with E-state index in [0.29, 0.717) is 12.3 Å². The monoisotopic (exact) mass is 296 g/mol. The molecule has 21 heavy (non-hydrogen) atoms. The fourth-order valence-corrected chi connectivity index (χ4v) is 1.58.